The van der Waals surface area contributed by atoms with Crippen LogP contribution in [0.25, 0.3) is 0 Å². The normalized spacial score (nSPS) is 17.7. The third-order valence-electron chi connectivity index (χ3n) is 6.27. The fourth-order valence-corrected chi connectivity index (χ4v) is 4.33. The SMILES string of the molecule is CC(CN1CCN(Cc2ccccc2)CC1)N(C(=O)C1CCC1)c1ccccn1.[Cl-].[Cl-].[Cl-]. The molecule has 1 unspecified atom stereocenters. The molecule has 2 fully saturated rings. The Morgan fingerprint density at radius 2 is 1.59 bits per heavy atom. The molecule has 1 aromatic heterocycles. The fraction of sp³-hybridized carbons (Fsp3) is 0.500. The monoisotopic (exact) mass is 497 g/mol. The Morgan fingerprint density at radius 1 is 0.969 bits per heavy atom. The van der Waals surface area contributed by atoms with Crippen molar-refractivity contribution in [1.82, 2.24) is 14.8 Å². The van der Waals surface area contributed by atoms with Gasteiger partial charge in [0.15, 0.2) is 0 Å². The summed E-state index contributed by atoms with van der Waals surface area (Å²) < 4.78 is 0. The minimum Gasteiger partial charge on any atom is -1.00 e. The second kappa shape index (κ2) is 14.0. The summed E-state index contributed by atoms with van der Waals surface area (Å²) in [6, 6.07) is 16.7. The topological polar surface area (TPSA) is 39.7 Å². The van der Waals surface area contributed by atoms with Crippen molar-refractivity contribution in [1.29, 1.82) is 0 Å². The van der Waals surface area contributed by atoms with Gasteiger partial charge in [-0.25, -0.2) is 4.98 Å². The van der Waals surface area contributed by atoms with Gasteiger partial charge >= 0.3 is 0 Å². The van der Waals surface area contributed by atoms with E-state index in [-0.39, 0.29) is 55.1 Å². The zero-order valence-electron chi connectivity index (χ0n) is 18.5. The van der Waals surface area contributed by atoms with E-state index in [1.54, 1.807) is 6.20 Å². The zero-order valence-corrected chi connectivity index (χ0v) is 20.8. The van der Waals surface area contributed by atoms with Crippen LogP contribution in [0.15, 0.2) is 54.7 Å². The lowest BCUT2D eigenvalue weighted by Gasteiger charge is -2.39. The van der Waals surface area contributed by atoms with Crippen LogP contribution in [0.5, 0.6) is 0 Å². The van der Waals surface area contributed by atoms with Gasteiger partial charge in [-0.2, -0.15) is 0 Å². The summed E-state index contributed by atoms with van der Waals surface area (Å²) in [4.78, 5) is 24.6. The summed E-state index contributed by atoms with van der Waals surface area (Å²) in [7, 11) is 0. The maximum absolute atomic E-state index is 13.1. The smallest absolute Gasteiger partial charge is 0.231 e. The summed E-state index contributed by atoms with van der Waals surface area (Å²) in [6.07, 6.45) is 5.00. The van der Waals surface area contributed by atoms with E-state index in [1.807, 2.05) is 23.1 Å². The molecule has 2 heterocycles. The quantitative estimate of drug-likeness (QED) is 0.382. The fourth-order valence-electron chi connectivity index (χ4n) is 4.33. The first-order valence-electron chi connectivity index (χ1n) is 10.9. The van der Waals surface area contributed by atoms with Gasteiger partial charge in [-0.1, -0.05) is 42.8 Å². The molecule has 1 amide bonds. The van der Waals surface area contributed by atoms with E-state index < -0.39 is 0 Å². The molecule has 1 atom stereocenters. The van der Waals surface area contributed by atoms with Gasteiger partial charge in [-0.15, -0.1) is 0 Å². The van der Waals surface area contributed by atoms with Crippen LogP contribution in [-0.2, 0) is 11.3 Å². The number of benzene rings is 1. The molecule has 8 heteroatoms. The number of pyridine rings is 1. The Labute approximate surface area is 210 Å². The number of halogens is 3. The first-order chi connectivity index (χ1) is 14.2. The lowest BCUT2D eigenvalue weighted by molar-refractivity contribution is -0.125. The standard InChI is InChI=1S/C24H32N4O.3ClH/c1-20(28(23-12-5-6-13-25-23)24(29)22-10-7-11-22)18-26-14-16-27(17-15-26)19-21-8-3-2-4-9-21;;;/h2-6,8-9,12-13,20,22H,7,10-11,14-19H2,1H3;3*1H/p-3. The van der Waals surface area contributed by atoms with Crippen LogP contribution in [0.4, 0.5) is 5.82 Å². The number of hydrogen-bond donors (Lipinski definition) is 0. The Bertz CT molecular complexity index is 784. The van der Waals surface area contributed by atoms with Crippen LogP contribution in [0.3, 0.4) is 0 Å². The molecule has 0 radical (unpaired) electrons. The highest BCUT2D eigenvalue weighted by Gasteiger charge is 2.34. The van der Waals surface area contributed by atoms with Crippen LogP contribution >= 0.6 is 0 Å². The first kappa shape index (κ1) is 28.7. The summed E-state index contributed by atoms with van der Waals surface area (Å²) in [6.45, 7) is 8.32. The highest BCUT2D eigenvalue weighted by Crippen LogP contribution is 2.30. The molecule has 2 aliphatic rings. The second-order valence-corrected chi connectivity index (χ2v) is 8.44. The van der Waals surface area contributed by atoms with Gasteiger partial charge in [-0.05, 0) is 37.5 Å². The average molecular weight is 499 g/mol. The lowest BCUT2D eigenvalue weighted by atomic mass is 9.84. The van der Waals surface area contributed by atoms with Crippen molar-refractivity contribution >= 4 is 11.7 Å². The van der Waals surface area contributed by atoms with Crippen molar-refractivity contribution in [2.75, 3.05) is 37.6 Å². The van der Waals surface area contributed by atoms with Crippen molar-refractivity contribution in [3.8, 4) is 0 Å². The molecule has 2 aromatic rings. The molecule has 1 aliphatic carbocycles. The van der Waals surface area contributed by atoms with E-state index in [2.05, 4.69) is 52.0 Å². The number of amides is 1. The highest BCUT2D eigenvalue weighted by molar-refractivity contribution is 5.95. The largest absolute Gasteiger partial charge is 1.00 e. The van der Waals surface area contributed by atoms with E-state index in [0.29, 0.717) is 0 Å². The number of anilines is 1. The first-order valence-corrected chi connectivity index (χ1v) is 10.9. The molecule has 5 nitrogen and oxygen atoms in total. The molecular formula is C24H32Cl3N4O-3. The Kier molecular flexibility index (Phi) is 12.6. The van der Waals surface area contributed by atoms with E-state index >= 15 is 0 Å². The Hall–Kier alpha value is -1.37. The van der Waals surface area contributed by atoms with Crippen molar-refractivity contribution in [2.45, 2.75) is 38.8 Å². The highest BCUT2D eigenvalue weighted by atomic mass is 35.5. The summed E-state index contributed by atoms with van der Waals surface area (Å²) in [5.74, 6) is 1.23. The van der Waals surface area contributed by atoms with Crippen molar-refractivity contribution in [3.63, 3.8) is 0 Å². The lowest BCUT2D eigenvalue weighted by Crippen LogP contribution is -3.00. The molecule has 0 bridgehead atoms. The summed E-state index contributed by atoms with van der Waals surface area (Å²) in [5, 5.41) is 0. The Morgan fingerprint density at radius 3 is 2.16 bits per heavy atom. The number of aromatic nitrogens is 1. The number of piperazine rings is 1. The molecule has 1 saturated carbocycles. The third-order valence-corrected chi connectivity index (χ3v) is 6.27. The van der Waals surface area contributed by atoms with Gasteiger partial charge in [0, 0.05) is 57.4 Å². The second-order valence-electron chi connectivity index (χ2n) is 8.44. The molecule has 32 heavy (non-hydrogen) atoms. The van der Waals surface area contributed by atoms with Gasteiger partial charge in [0.2, 0.25) is 5.91 Å². The minimum absolute atomic E-state index is 0. The van der Waals surface area contributed by atoms with Crippen LogP contribution in [0, 0.1) is 5.92 Å². The van der Waals surface area contributed by atoms with Crippen molar-refractivity contribution in [3.05, 3.63) is 60.3 Å². The molecule has 0 spiro atoms. The summed E-state index contributed by atoms with van der Waals surface area (Å²) >= 11 is 0. The molecular weight excluding hydrogens is 467 g/mol. The predicted molar refractivity (Wildman–Crippen MR) is 117 cm³/mol. The number of hydrogen-bond acceptors (Lipinski definition) is 4. The molecule has 178 valence electrons. The number of rotatable bonds is 7. The van der Waals surface area contributed by atoms with Crippen LogP contribution in [0.2, 0.25) is 0 Å². The zero-order chi connectivity index (χ0) is 20.1. The van der Waals surface area contributed by atoms with Gasteiger partial charge in [0.1, 0.15) is 5.82 Å². The van der Waals surface area contributed by atoms with Crippen LogP contribution in [-0.4, -0.2) is 59.5 Å². The summed E-state index contributed by atoms with van der Waals surface area (Å²) in [5.41, 5.74) is 1.38. The predicted octanol–water partition coefficient (Wildman–Crippen LogP) is -5.57. The molecule has 0 N–H and O–H groups in total. The molecule has 1 saturated heterocycles. The van der Waals surface area contributed by atoms with Gasteiger partial charge in [0.05, 0.1) is 0 Å². The minimum atomic E-state index is 0. The maximum atomic E-state index is 13.1. The molecule has 1 aromatic carbocycles. The molecule has 1 aliphatic heterocycles. The van der Waals surface area contributed by atoms with E-state index in [0.717, 1.165) is 57.9 Å². The van der Waals surface area contributed by atoms with Gasteiger partial charge in [0.25, 0.3) is 0 Å². The number of carbonyl (C=O) groups excluding carboxylic acids is 1. The van der Waals surface area contributed by atoms with E-state index in [9.17, 15) is 4.79 Å². The number of nitrogens with zero attached hydrogens (tertiary/aromatic N) is 4. The average Bonchev–Trinajstić information content (AvgIpc) is 2.70. The molecule has 4 rings (SSSR count). The van der Waals surface area contributed by atoms with Gasteiger partial charge in [-0.3, -0.25) is 19.5 Å². The van der Waals surface area contributed by atoms with Gasteiger partial charge < -0.3 is 37.2 Å². The Balaban J connectivity index is 0.00000171. The maximum Gasteiger partial charge on any atom is 0.231 e. The number of carbonyl (C=O) groups is 1. The van der Waals surface area contributed by atoms with Crippen molar-refractivity contribution in [2.24, 2.45) is 5.92 Å². The van der Waals surface area contributed by atoms with Crippen LogP contribution < -0.4 is 42.1 Å². The van der Waals surface area contributed by atoms with Crippen molar-refractivity contribution < 1.29 is 42.0 Å². The third kappa shape index (κ3) is 7.32. The van der Waals surface area contributed by atoms with E-state index in [1.165, 1.54) is 12.0 Å². The van der Waals surface area contributed by atoms with E-state index in [4.69, 9.17) is 0 Å². The van der Waals surface area contributed by atoms with Crippen LogP contribution in [0.1, 0.15) is 31.7 Å².